The summed E-state index contributed by atoms with van der Waals surface area (Å²) >= 11 is 0. The van der Waals surface area contributed by atoms with Crippen molar-refractivity contribution in [3.8, 4) is 0 Å². The van der Waals surface area contributed by atoms with Gasteiger partial charge in [-0.15, -0.1) is 5.11 Å². The molecule has 1 saturated heterocycles. The van der Waals surface area contributed by atoms with Gasteiger partial charge < -0.3 is 25.0 Å². The molecule has 0 spiro atoms. The van der Waals surface area contributed by atoms with E-state index in [9.17, 15) is 20.1 Å². The summed E-state index contributed by atoms with van der Waals surface area (Å²) < 4.78 is 5.53. The molecule has 0 aliphatic carbocycles. The Balaban J connectivity index is 1.54. The molecule has 9 heteroatoms. The van der Waals surface area contributed by atoms with Crippen molar-refractivity contribution in [2.75, 3.05) is 6.61 Å². The first-order valence-electron chi connectivity index (χ1n) is 8.44. The molecule has 3 N–H and O–H groups in total. The first-order chi connectivity index (χ1) is 12.6. The van der Waals surface area contributed by atoms with Gasteiger partial charge in [0.2, 0.25) is 5.91 Å². The molecule has 138 valence electrons. The van der Waals surface area contributed by atoms with Crippen LogP contribution in [0.15, 0.2) is 52.8 Å². The molecule has 1 aromatic rings. The van der Waals surface area contributed by atoms with Crippen LogP contribution in [0.1, 0.15) is 5.56 Å². The second-order valence-electron chi connectivity index (χ2n) is 6.53. The smallest absolute Gasteiger partial charge is 0.248 e. The lowest BCUT2D eigenvalue weighted by atomic mass is 10.1. The van der Waals surface area contributed by atoms with Crippen LogP contribution in [-0.2, 0) is 16.1 Å². The number of rotatable bonds is 4. The summed E-state index contributed by atoms with van der Waals surface area (Å²) in [6.07, 6.45) is -1.71. The van der Waals surface area contributed by atoms with E-state index in [0.717, 1.165) is 5.56 Å². The van der Waals surface area contributed by atoms with E-state index in [2.05, 4.69) is 10.3 Å². The molecule has 0 radical (unpaired) electrons. The second kappa shape index (κ2) is 6.76. The van der Waals surface area contributed by atoms with Gasteiger partial charge in [0.15, 0.2) is 12.4 Å². The van der Waals surface area contributed by atoms with Crippen molar-refractivity contribution in [1.82, 2.24) is 9.91 Å². The Bertz CT molecular complexity index is 727. The quantitative estimate of drug-likeness (QED) is 0.660. The minimum Gasteiger partial charge on any atom is -0.394 e. The van der Waals surface area contributed by atoms with Crippen molar-refractivity contribution in [2.45, 2.75) is 43.3 Å². The van der Waals surface area contributed by atoms with Gasteiger partial charge in [0, 0.05) is 12.6 Å². The number of fused-ring (bicyclic) bond motifs is 1. The molecule has 3 aliphatic heterocycles. The van der Waals surface area contributed by atoms with Crippen molar-refractivity contribution >= 4 is 5.91 Å². The Morgan fingerprint density at radius 3 is 2.62 bits per heavy atom. The molecule has 1 aromatic carbocycles. The molecule has 3 aliphatic rings. The fourth-order valence-corrected chi connectivity index (χ4v) is 3.49. The van der Waals surface area contributed by atoms with Gasteiger partial charge in [-0.25, -0.2) is 5.01 Å². The van der Waals surface area contributed by atoms with E-state index in [1.807, 2.05) is 30.3 Å². The summed E-state index contributed by atoms with van der Waals surface area (Å²) in [5, 5.41) is 39.1. The van der Waals surface area contributed by atoms with Crippen molar-refractivity contribution in [3.05, 3.63) is 48.0 Å². The number of hydrogen-bond acceptors (Lipinski definition) is 8. The molecule has 6 atom stereocenters. The first-order valence-corrected chi connectivity index (χ1v) is 8.44. The summed E-state index contributed by atoms with van der Waals surface area (Å²) in [5.41, 5.74) is 0.969. The molecule has 1 amide bonds. The summed E-state index contributed by atoms with van der Waals surface area (Å²) in [7, 11) is 0. The summed E-state index contributed by atoms with van der Waals surface area (Å²) in [5.74, 6) is -0.169. The molecule has 9 nitrogen and oxygen atoms in total. The number of carbonyl (C=O) groups is 1. The zero-order valence-corrected chi connectivity index (χ0v) is 13.9. The predicted molar refractivity (Wildman–Crippen MR) is 88.2 cm³/mol. The van der Waals surface area contributed by atoms with Crippen molar-refractivity contribution in [2.24, 2.45) is 10.3 Å². The first kappa shape index (κ1) is 17.1. The lowest BCUT2D eigenvalue weighted by Gasteiger charge is -2.36. The van der Waals surface area contributed by atoms with Gasteiger partial charge in [0.25, 0.3) is 0 Å². The molecule has 4 rings (SSSR count). The van der Waals surface area contributed by atoms with Crippen LogP contribution in [0, 0.1) is 0 Å². The number of benzene rings is 1. The van der Waals surface area contributed by atoms with Crippen molar-refractivity contribution in [3.63, 3.8) is 0 Å². The minimum atomic E-state index is -1.24. The van der Waals surface area contributed by atoms with Gasteiger partial charge in [-0.1, -0.05) is 41.6 Å². The van der Waals surface area contributed by atoms with Gasteiger partial charge >= 0.3 is 0 Å². The van der Waals surface area contributed by atoms with Gasteiger partial charge in [0.05, 0.1) is 6.61 Å². The van der Waals surface area contributed by atoms with Crippen LogP contribution >= 0.6 is 0 Å². The van der Waals surface area contributed by atoms with Gasteiger partial charge in [0.1, 0.15) is 24.4 Å². The number of aliphatic hydroxyl groups is 3. The molecule has 0 bridgehead atoms. The average Bonchev–Trinajstić information content (AvgIpc) is 3.20. The maximum Gasteiger partial charge on any atom is 0.248 e. The van der Waals surface area contributed by atoms with Crippen LogP contribution in [0.3, 0.4) is 0 Å². The Morgan fingerprint density at radius 2 is 1.92 bits per heavy atom. The zero-order chi connectivity index (χ0) is 18.3. The van der Waals surface area contributed by atoms with Gasteiger partial charge in [-0.2, -0.15) is 0 Å². The SMILES string of the molecule is O=C1C=C[C@@H]2[C@H](N=NN2[C@H]2O[C@@H](CO)[C@@H](O)[C@H]2O)N1Cc1ccccc1. The van der Waals surface area contributed by atoms with E-state index >= 15 is 0 Å². The number of hydrogen-bond donors (Lipinski definition) is 3. The molecule has 0 aromatic heterocycles. The van der Waals surface area contributed by atoms with Crippen molar-refractivity contribution in [1.29, 1.82) is 0 Å². The standard InChI is InChI=1S/C17H20N4O5/c22-9-12-14(24)15(25)17(26-12)21-11-6-7-13(23)20(16(11)18-19-21)8-10-4-2-1-3-5-10/h1-7,11-12,14-17,22,24-25H,8-9H2/t11-,12+,14-,15-,16-,17+/m1/s1. The van der Waals surface area contributed by atoms with E-state index in [1.54, 1.807) is 11.0 Å². The zero-order valence-electron chi connectivity index (χ0n) is 13.9. The van der Waals surface area contributed by atoms with Crippen LogP contribution in [0.25, 0.3) is 0 Å². The average molecular weight is 360 g/mol. The summed E-state index contributed by atoms with van der Waals surface area (Å²) in [4.78, 5) is 14.0. The fraction of sp³-hybridized carbons (Fsp3) is 0.471. The van der Waals surface area contributed by atoms with Crippen molar-refractivity contribution < 1.29 is 24.9 Å². The highest BCUT2D eigenvalue weighted by Crippen LogP contribution is 2.33. The third-order valence-corrected chi connectivity index (χ3v) is 4.90. The Labute approximate surface area is 149 Å². The Morgan fingerprint density at radius 1 is 1.15 bits per heavy atom. The third kappa shape index (κ3) is 2.78. The van der Waals surface area contributed by atoms with Crippen LogP contribution < -0.4 is 0 Å². The largest absolute Gasteiger partial charge is 0.394 e. The normalized spacial score (nSPS) is 36.0. The topological polar surface area (TPSA) is 118 Å². The summed E-state index contributed by atoms with van der Waals surface area (Å²) in [6.45, 7) is -0.0315. The highest BCUT2D eigenvalue weighted by atomic mass is 16.6. The molecular formula is C17H20N4O5. The lowest BCUT2D eigenvalue weighted by molar-refractivity contribution is -0.133. The van der Waals surface area contributed by atoms with Crippen LogP contribution in [0.2, 0.25) is 0 Å². The Kier molecular flexibility index (Phi) is 4.45. The van der Waals surface area contributed by atoms with Crippen LogP contribution in [0.4, 0.5) is 0 Å². The maximum absolute atomic E-state index is 12.3. The number of ether oxygens (including phenoxy) is 1. The maximum atomic E-state index is 12.3. The molecule has 1 fully saturated rings. The Hall–Kier alpha value is -2.33. The van der Waals surface area contributed by atoms with E-state index in [-0.39, 0.29) is 5.91 Å². The third-order valence-electron chi connectivity index (χ3n) is 4.90. The van der Waals surface area contributed by atoms with E-state index in [0.29, 0.717) is 6.54 Å². The molecular weight excluding hydrogens is 340 g/mol. The number of aliphatic hydroxyl groups excluding tert-OH is 3. The van der Waals surface area contributed by atoms with E-state index in [4.69, 9.17) is 4.74 Å². The summed E-state index contributed by atoms with van der Waals surface area (Å²) in [6, 6.07) is 9.15. The number of nitrogens with zero attached hydrogens (tertiary/aromatic N) is 4. The highest BCUT2D eigenvalue weighted by Gasteiger charge is 2.51. The number of amides is 1. The predicted octanol–water partition coefficient (Wildman–Crippen LogP) is -0.599. The van der Waals surface area contributed by atoms with E-state index in [1.165, 1.54) is 11.1 Å². The monoisotopic (exact) mass is 360 g/mol. The molecule has 3 heterocycles. The second-order valence-corrected chi connectivity index (χ2v) is 6.53. The highest BCUT2D eigenvalue weighted by molar-refractivity contribution is 5.89. The van der Waals surface area contributed by atoms with Gasteiger partial charge in [-0.3, -0.25) is 4.79 Å². The van der Waals surface area contributed by atoms with Crippen LogP contribution in [0.5, 0.6) is 0 Å². The minimum absolute atomic E-state index is 0.169. The van der Waals surface area contributed by atoms with Crippen LogP contribution in [-0.4, -0.2) is 74.5 Å². The molecule has 0 saturated carbocycles. The fourth-order valence-electron chi connectivity index (χ4n) is 3.49. The molecule has 26 heavy (non-hydrogen) atoms. The van der Waals surface area contributed by atoms with E-state index < -0.39 is 43.4 Å². The van der Waals surface area contributed by atoms with Gasteiger partial charge in [-0.05, 0) is 5.56 Å². The molecule has 0 unspecified atom stereocenters. The number of carbonyl (C=O) groups excluding carboxylic acids is 1. The lowest BCUT2D eigenvalue weighted by Crippen LogP contribution is -2.53.